The molecule has 2 heteroatoms. The molecule has 2 unspecified atom stereocenters. The summed E-state index contributed by atoms with van der Waals surface area (Å²) in [5.41, 5.74) is 0. The third-order valence-corrected chi connectivity index (χ3v) is 0.836. The van der Waals surface area contributed by atoms with Crippen LogP contribution in [0.2, 0.25) is 0 Å². The molecule has 1 aliphatic heterocycles. The number of epoxide rings is 1. The van der Waals surface area contributed by atoms with Crippen LogP contribution in [0, 0.1) is 6.92 Å². The van der Waals surface area contributed by atoms with Gasteiger partial charge in [0.25, 0.3) is 0 Å². The van der Waals surface area contributed by atoms with Crippen LogP contribution in [0.25, 0.3) is 0 Å². The largest absolute Gasteiger partial charge is 0.405 e. The van der Waals surface area contributed by atoms with Crippen molar-refractivity contribution in [2.75, 3.05) is 0 Å². The Kier molecular flexibility index (Phi) is 2.31. The molecular formula is C4H7OW-. The van der Waals surface area contributed by atoms with Gasteiger partial charge in [0.05, 0.1) is 0 Å². The van der Waals surface area contributed by atoms with Crippen molar-refractivity contribution < 1.29 is 25.8 Å². The molecule has 0 aromatic heterocycles. The fraction of sp³-hybridized carbons (Fsp3) is 0.750. The third-order valence-electron chi connectivity index (χ3n) is 0.836. The van der Waals surface area contributed by atoms with Crippen molar-refractivity contribution in [3.8, 4) is 0 Å². The Labute approximate surface area is 52.3 Å². The molecule has 6 heavy (non-hydrogen) atoms. The Morgan fingerprint density at radius 1 is 1.67 bits per heavy atom. The van der Waals surface area contributed by atoms with Crippen LogP contribution in [0.15, 0.2) is 0 Å². The van der Waals surface area contributed by atoms with E-state index in [1.54, 1.807) is 0 Å². The number of hydrogen-bond donors (Lipinski definition) is 0. The Morgan fingerprint density at radius 3 is 1.83 bits per heavy atom. The van der Waals surface area contributed by atoms with Crippen LogP contribution in [-0.2, 0) is 25.8 Å². The van der Waals surface area contributed by atoms with E-state index in [0.29, 0.717) is 12.2 Å². The van der Waals surface area contributed by atoms with Gasteiger partial charge < -0.3 is 11.7 Å². The average Bonchev–Trinajstić information content (AvgIpc) is 1.79. The quantitative estimate of drug-likeness (QED) is 0.456. The average molecular weight is 255 g/mol. The minimum Gasteiger partial charge on any atom is -0.405 e. The van der Waals surface area contributed by atoms with Crippen molar-refractivity contribution in [1.82, 2.24) is 0 Å². The second-order valence-electron chi connectivity index (χ2n) is 1.38. The predicted molar refractivity (Wildman–Crippen MR) is 19.7 cm³/mol. The molecule has 0 aromatic rings. The van der Waals surface area contributed by atoms with Crippen molar-refractivity contribution in [1.29, 1.82) is 0 Å². The molecule has 0 bridgehead atoms. The summed E-state index contributed by atoms with van der Waals surface area (Å²) >= 11 is 0. The van der Waals surface area contributed by atoms with Gasteiger partial charge >= 0.3 is 0 Å². The van der Waals surface area contributed by atoms with Crippen molar-refractivity contribution >= 4 is 0 Å². The standard InChI is InChI=1S/C4H7O.W/c1-3-4(2)5-3;/h3-4H,1H2,2H3;/q-1;. The predicted octanol–water partition coefficient (Wildman–Crippen LogP) is 0.605. The molecule has 0 aliphatic carbocycles. The van der Waals surface area contributed by atoms with E-state index in [1.807, 2.05) is 6.92 Å². The summed E-state index contributed by atoms with van der Waals surface area (Å²) in [6, 6.07) is 0. The van der Waals surface area contributed by atoms with Crippen LogP contribution in [0.1, 0.15) is 6.92 Å². The normalized spacial score (nSPS) is 41.0. The Morgan fingerprint density at radius 2 is 1.83 bits per heavy atom. The van der Waals surface area contributed by atoms with Gasteiger partial charge in [0.15, 0.2) is 0 Å². The van der Waals surface area contributed by atoms with Gasteiger partial charge in [-0.05, 0) is 13.0 Å². The number of hydrogen-bond acceptors (Lipinski definition) is 1. The molecule has 0 N–H and O–H groups in total. The molecule has 1 heterocycles. The van der Waals surface area contributed by atoms with E-state index >= 15 is 0 Å². The molecule has 36 valence electrons. The summed E-state index contributed by atoms with van der Waals surface area (Å²) in [6.07, 6.45) is 0.741. The van der Waals surface area contributed by atoms with Crippen molar-refractivity contribution in [2.24, 2.45) is 0 Å². The topological polar surface area (TPSA) is 12.5 Å². The van der Waals surface area contributed by atoms with Crippen LogP contribution in [-0.4, -0.2) is 12.2 Å². The first-order chi connectivity index (χ1) is 2.30. The van der Waals surface area contributed by atoms with Crippen LogP contribution < -0.4 is 0 Å². The molecule has 1 saturated heterocycles. The first-order valence-corrected chi connectivity index (χ1v) is 1.79. The van der Waals surface area contributed by atoms with Gasteiger partial charge in [-0.1, -0.05) is 0 Å². The maximum Gasteiger partial charge on any atom is 0.0496 e. The first-order valence-electron chi connectivity index (χ1n) is 1.79. The Balaban J connectivity index is 0.000000250. The van der Waals surface area contributed by atoms with E-state index in [2.05, 4.69) is 6.92 Å². The van der Waals surface area contributed by atoms with E-state index < -0.39 is 0 Å². The zero-order valence-corrected chi connectivity index (χ0v) is 6.61. The maximum atomic E-state index is 4.81. The summed E-state index contributed by atoms with van der Waals surface area (Å²) in [4.78, 5) is 0. The van der Waals surface area contributed by atoms with Gasteiger partial charge in [-0.25, -0.2) is 0 Å². The summed E-state index contributed by atoms with van der Waals surface area (Å²) in [6.45, 7) is 5.62. The maximum absolute atomic E-state index is 4.81. The van der Waals surface area contributed by atoms with Crippen LogP contribution in [0.3, 0.4) is 0 Å². The molecule has 0 aromatic carbocycles. The molecule has 0 spiro atoms. The van der Waals surface area contributed by atoms with Gasteiger partial charge in [-0.3, -0.25) is 0 Å². The van der Waals surface area contributed by atoms with Crippen LogP contribution in [0.5, 0.6) is 0 Å². The summed E-state index contributed by atoms with van der Waals surface area (Å²) in [5, 5.41) is 0. The minimum atomic E-state index is 0. The Bertz CT molecular complexity index is 40.8. The van der Waals surface area contributed by atoms with E-state index in [1.165, 1.54) is 0 Å². The summed E-state index contributed by atoms with van der Waals surface area (Å²) in [7, 11) is 0. The van der Waals surface area contributed by atoms with Crippen molar-refractivity contribution in [2.45, 2.75) is 19.1 Å². The molecular weight excluding hydrogens is 248 g/mol. The fourth-order valence-electron chi connectivity index (χ4n) is 0.230. The number of ether oxygens (including phenoxy) is 1. The zero-order chi connectivity index (χ0) is 3.86. The van der Waals surface area contributed by atoms with Gasteiger partial charge in [0.2, 0.25) is 0 Å². The van der Waals surface area contributed by atoms with E-state index in [9.17, 15) is 0 Å². The third kappa shape index (κ3) is 1.40. The van der Waals surface area contributed by atoms with Crippen LogP contribution >= 0.6 is 0 Å². The molecule has 0 saturated carbocycles. The number of rotatable bonds is 0. The summed E-state index contributed by atoms with van der Waals surface area (Å²) in [5.74, 6) is 0. The smallest absolute Gasteiger partial charge is 0.0496 e. The molecule has 1 rings (SSSR count). The fourth-order valence-corrected chi connectivity index (χ4v) is 0.230. The van der Waals surface area contributed by atoms with Crippen LogP contribution in [0.4, 0.5) is 0 Å². The second kappa shape index (κ2) is 2.09. The van der Waals surface area contributed by atoms with E-state index in [4.69, 9.17) is 4.74 Å². The van der Waals surface area contributed by atoms with Crippen molar-refractivity contribution in [3.05, 3.63) is 6.92 Å². The zero-order valence-electron chi connectivity index (χ0n) is 3.68. The molecule has 2 atom stereocenters. The molecule has 1 nitrogen and oxygen atoms in total. The molecule has 1 aliphatic rings. The molecule has 0 amide bonds. The van der Waals surface area contributed by atoms with Gasteiger partial charge in [0, 0.05) is 27.2 Å². The Hall–Kier alpha value is 0.648. The SMILES string of the molecule is [CH2-]C1OC1C.[W]. The van der Waals surface area contributed by atoms with Gasteiger partial charge in [-0.2, -0.15) is 0 Å². The molecule has 1 fully saturated rings. The summed E-state index contributed by atoms with van der Waals surface area (Å²) < 4.78 is 4.81. The van der Waals surface area contributed by atoms with Gasteiger partial charge in [-0.15, -0.1) is 0 Å². The monoisotopic (exact) mass is 255 g/mol. The van der Waals surface area contributed by atoms with Crippen molar-refractivity contribution in [3.63, 3.8) is 0 Å². The second-order valence-corrected chi connectivity index (χ2v) is 1.38. The molecule has 0 radical (unpaired) electrons. The van der Waals surface area contributed by atoms with E-state index in [-0.39, 0.29) is 21.1 Å². The van der Waals surface area contributed by atoms with Gasteiger partial charge in [0.1, 0.15) is 0 Å². The first kappa shape index (κ1) is 6.65. The van der Waals surface area contributed by atoms with E-state index in [0.717, 1.165) is 0 Å². The minimum absolute atomic E-state index is 0.